The Morgan fingerprint density at radius 1 is 1.44 bits per heavy atom. The number of hydrogen-bond acceptors (Lipinski definition) is 1. The summed E-state index contributed by atoms with van der Waals surface area (Å²) < 4.78 is 0. The lowest BCUT2D eigenvalue weighted by molar-refractivity contribution is 0.795. The van der Waals surface area contributed by atoms with Crippen LogP contribution in [0.4, 0.5) is 0 Å². The fourth-order valence-electron chi connectivity index (χ4n) is 1.53. The van der Waals surface area contributed by atoms with Crippen LogP contribution in [0.5, 0.6) is 0 Å². The normalized spacial score (nSPS) is 23.0. The topological polar surface area (TPSA) is 26.0 Å². The summed E-state index contributed by atoms with van der Waals surface area (Å²) in [4.78, 5) is 0. The van der Waals surface area contributed by atoms with Crippen molar-refractivity contribution in [1.29, 1.82) is 0 Å². The molecule has 0 aliphatic heterocycles. The van der Waals surface area contributed by atoms with Crippen molar-refractivity contribution in [2.45, 2.75) is 39.2 Å². The van der Waals surface area contributed by atoms with Crippen LogP contribution >= 0.6 is 0 Å². The zero-order chi connectivity index (χ0) is 6.85. The highest BCUT2D eigenvalue weighted by Crippen LogP contribution is 2.26. The van der Waals surface area contributed by atoms with Crippen LogP contribution < -0.4 is 5.73 Å². The Morgan fingerprint density at radius 2 is 2.11 bits per heavy atom. The minimum absolute atomic E-state index is 0.299. The largest absolute Gasteiger partial charge is 0.324 e. The number of nitrogens with two attached hydrogens (primary N) is 1. The van der Waals surface area contributed by atoms with Gasteiger partial charge in [-0.15, -0.1) is 0 Å². The minimum atomic E-state index is 0.299. The molecule has 1 aliphatic carbocycles. The first-order chi connectivity index (χ1) is 4.22. The van der Waals surface area contributed by atoms with Crippen molar-refractivity contribution in [3.8, 4) is 0 Å². The molecule has 52 valence electrons. The number of allylic oxidation sites excluding steroid dienone is 1. The second-order valence-electron chi connectivity index (χ2n) is 2.95. The van der Waals surface area contributed by atoms with Gasteiger partial charge in [0.2, 0.25) is 0 Å². The molecule has 0 saturated carbocycles. The Kier molecular flexibility index (Phi) is 1.91. The zero-order valence-corrected chi connectivity index (χ0v) is 6.28. The lowest BCUT2D eigenvalue weighted by Gasteiger charge is -2.06. The molecule has 0 aromatic rings. The van der Waals surface area contributed by atoms with Crippen molar-refractivity contribution in [2.75, 3.05) is 0 Å². The Morgan fingerprint density at radius 3 is 2.33 bits per heavy atom. The Hall–Kier alpha value is -0.300. The summed E-state index contributed by atoms with van der Waals surface area (Å²) in [6.07, 6.45) is 3.84. The molecular weight excluding hydrogens is 110 g/mol. The van der Waals surface area contributed by atoms with Gasteiger partial charge in [-0.2, -0.15) is 0 Å². The van der Waals surface area contributed by atoms with E-state index in [-0.39, 0.29) is 0 Å². The van der Waals surface area contributed by atoms with Gasteiger partial charge in [0.1, 0.15) is 0 Å². The molecule has 1 rings (SSSR count). The van der Waals surface area contributed by atoms with Crippen molar-refractivity contribution in [3.05, 3.63) is 11.1 Å². The van der Waals surface area contributed by atoms with Gasteiger partial charge in [-0.05, 0) is 33.1 Å². The third-order valence-corrected chi connectivity index (χ3v) is 2.10. The summed E-state index contributed by atoms with van der Waals surface area (Å²) in [7, 11) is 0. The summed E-state index contributed by atoms with van der Waals surface area (Å²) in [6, 6.07) is 0.299. The first-order valence-electron chi connectivity index (χ1n) is 3.66. The third kappa shape index (κ3) is 1.33. The van der Waals surface area contributed by atoms with Crippen LogP contribution in [0.15, 0.2) is 11.1 Å². The maximum atomic E-state index is 5.73. The fourth-order valence-corrected chi connectivity index (χ4v) is 1.53. The maximum Gasteiger partial charge on any atom is 0.0227 e. The highest BCUT2D eigenvalue weighted by Gasteiger charge is 2.12. The number of hydrogen-bond donors (Lipinski definition) is 1. The predicted octanol–water partition coefficient (Wildman–Crippen LogP) is 1.83. The van der Waals surface area contributed by atoms with E-state index in [0.29, 0.717) is 6.04 Å². The molecule has 9 heavy (non-hydrogen) atoms. The van der Waals surface area contributed by atoms with Gasteiger partial charge in [-0.25, -0.2) is 0 Å². The van der Waals surface area contributed by atoms with E-state index in [1.165, 1.54) is 30.4 Å². The molecule has 0 heterocycles. The summed E-state index contributed by atoms with van der Waals surface area (Å²) in [6.45, 7) is 4.27. The molecule has 0 radical (unpaired) electrons. The summed E-state index contributed by atoms with van der Waals surface area (Å²) in [5.74, 6) is 0. The molecule has 1 atom stereocenters. The molecule has 0 aromatic carbocycles. The van der Waals surface area contributed by atoms with Crippen molar-refractivity contribution < 1.29 is 0 Å². The minimum Gasteiger partial charge on any atom is -0.324 e. The van der Waals surface area contributed by atoms with Crippen molar-refractivity contribution in [2.24, 2.45) is 5.73 Å². The Bertz CT molecular complexity index is 134. The summed E-state index contributed by atoms with van der Waals surface area (Å²) in [5, 5.41) is 0. The zero-order valence-electron chi connectivity index (χ0n) is 6.28. The first-order valence-corrected chi connectivity index (χ1v) is 3.66. The van der Waals surface area contributed by atoms with E-state index < -0.39 is 0 Å². The summed E-state index contributed by atoms with van der Waals surface area (Å²) >= 11 is 0. The molecule has 0 bridgehead atoms. The van der Waals surface area contributed by atoms with Crippen molar-refractivity contribution in [1.82, 2.24) is 0 Å². The lowest BCUT2D eigenvalue weighted by atomic mass is 10.1. The van der Waals surface area contributed by atoms with E-state index >= 15 is 0 Å². The first kappa shape index (κ1) is 6.81. The molecule has 1 heteroatoms. The van der Waals surface area contributed by atoms with E-state index in [1.807, 2.05) is 0 Å². The third-order valence-electron chi connectivity index (χ3n) is 2.10. The molecule has 0 aromatic heterocycles. The van der Waals surface area contributed by atoms with Gasteiger partial charge in [0.15, 0.2) is 0 Å². The number of rotatable bonds is 1. The molecule has 0 fully saturated rings. The van der Waals surface area contributed by atoms with Gasteiger partial charge in [-0.1, -0.05) is 11.1 Å². The van der Waals surface area contributed by atoms with Gasteiger partial charge in [0.05, 0.1) is 0 Å². The van der Waals surface area contributed by atoms with Crippen LogP contribution in [0, 0.1) is 0 Å². The smallest absolute Gasteiger partial charge is 0.0227 e. The molecule has 2 N–H and O–H groups in total. The highest BCUT2D eigenvalue weighted by atomic mass is 14.6. The molecule has 0 spiro atoms. The van der Waals surface area contributed by atoms with Gasteiger partial charge in [0.25, 0.3) is 0 Å². The molecule has 1 aliphatic rings. The van der Waals surface area contributed by atoms with Crippen LogP contribution in [0.25, 0.3) is 0 Å². The Balaban J connectivity index is 2.66. The molecule has 1 unspecified atom stereocenters. The SMILES string of the molecule is CC1=C(C(C)N)CCC1. The lowest BCUT2D eigenvalue weighted by Crippen LogP contribution is -2.17. The van der Waals surface area contributed by atoms with Gasteiger partial charge in [-0.3, -0.25) is 0 Å². The van der Waals surface area contributed by atoms with Crippen LogP contribution in [-0.2, 0) is 0 Å². The molecule has 0 amide bonds. The average molecular weight is 125 g/mol. The van der Waals surface area contributed by atoms with Crippen LogP contribution in [0.2, 0.25) is 0 Å². The van der Waals surface area contributed by atoms with Gasteiger partial charge < -0.3 is 5.73 Å². The van der Waals surface area contributed by atoms with E-state index in [9.17, 15) is 0 Å². The predicted molar refractivity (Wildman–Crippen MR) is 40.2 cm³/mol. The van der Waals surface area contributed by atoms with Crippen molar-refractivity contribution >= 4 is 0 Å². The van der Waals surface area contributed by atoms with Crippen LogP contribution in [-0.4, -0.2) is 6.04 Å². The fraction of sp³-hybridized carbons (Fsp3) is 0.750. The van der Waals surface area contributed by atoms with Gasteiger partial charge >= 0.3 is 0 Å². The average Bonchev–Trinajstić information content (AvgIpc) is 2.13. The second-order valence-corrected chi connectivity index (χ2v) is 2.95. The van der Waals surface area contributed by atoms with Crippen LogP contribution in [0.1, 0.15) is 33.1 Å². The Labute approximate surface area is 56.9 Å². The second kappa shape index (κ2) is 2.53. The maximum absolute atomic E-state index is 5.73. The molecule has 1 nitrogen and oxygen atoms in total. The van der Waals surface area contributed by atoms with E-state index in [1.54, 1.807) is 0 Å². The van der Waals surface area contributed by atoms with Gasteiger partial charge in [0, 0.05) is 6.04 Å². The van der Waals surface area contributed by atoms with Crippen LogP contribution in [0.3, 0.4) is 0 Å². The van der Waals surface area contributed by atoms with E-state index in [0.717, 1.165) is 0 Å². The molecule has 0 saturated heterocycles. The molecular formula is C8H15N. The van der Waals surface area contributed by atoms with E-state index in [2.05, 4.69) is 13.8 Å². The highest BCUT2D eigenvalue weighted by molar-refractivity contribution is 5.21. The summed E-state index contributed by atoms with van der Waals surface area (Å²) in [5.41, 5.74) is 8.76. The van der Waals surface area contributed by atoms with E-state index in [4.69, 9.17) is 5.73 Å². The standard InChI is InChI=1S/C8H15N/c1-6-4-3-5-8(6)7(2)9/h7H,3-5,9H2,1-2H3. The quantitative estimate of drug-likeness (QED) is 0.532. The van der Waals surface area contributed by atoms with Crippen molar-refractivity contribution in [3.63, 3.8) is 0 Å². The monoisotopic (exact) mass is 125 g/mol.